The molecule has 27 heavy (non-hydrogen) atoms. The Morgan fingerprint density at radius 3 is 2.89 bits per heavy atom. The molecule has 1 unspecified atom stereocenters. The summed E-state index contributed by atoms with van der Waals surface area (Å²) in [6.45, 7) is 3.87. The van der Waals surface area contributed by atoms with Crippen molar-refractivity contribution >= 4 is 22.2 Å². The highest BCUT2D eigenvalue weighted by molar-refractivity contribution is 7.13. The number of nitrogens with zero attached hydrogens (tertiary/aromatic N) is 3. The van der Waals surface area contributed by atoms with E-state index in [1.54, 1.807) is 18.4 Å². The van der Waals surface area contributed by atoms with E-state index in [1.165, 1.54) is 10.4 Å². The van der Waals surface area contributed by atoms with Gasteiger partial charge in [0.25, 0.3) is 0 Å². The lowest BCUT2D eigenvalue weighted by atomic mass is 10.1. The van der Waals surface area contributed by atoms with E-state index in [0.29, 0.717) is 0 Å². The van der Waals surface area contributed by atoms with Crippen LogP contribution in [-0.4, -0.2) is 66.3 Å². The lowest BCUT2D eigenvalue weighted by molar-refractivity contribution is 0.0540. The molecule has 0 bridgehead atoms. The number of likely N-dealkylation sites (N-methyl/N-ethyl adjacent to an activating group) is 1. The van der Waals surface area contributed by atoms with E-state index in [4.69, 9.17) is 9.72 Å². The Hall–Kier alpha value is -1.99. The fourth-order valence-electron chi connectivity index (χ4n) is 3.66. The summed E-state index contributed by atoms with van der Waals surface area (Å²) in [6, 6.07) is 12.7. The van der Waals surface area contributed by atoms with Gasteiger partial charge in [0.1, 0.15) is 5.75 Å². The van der Waals surface area contributed by atoms with Crippen LogP contribution in [0.4, 0.5) is 0 Å². The number of hydrogen-bond donors (Lipinski definition) is 1. The molecular formula is C21H25N3O2S. The molecule has 1 aliphatic rings. The number of pyridine rings is 1. The van der Waals surface area contributed by atoms with Crippen LogP contribution >= 0.6 is 11.3 Å². The minimum Gasteiger partial charge on any atom is -0.497 e. The van der Waals surface area contributed by atoms with Crippen LogP contribution in [0.15, 0.2) is 41.8 Å². The number of aromatic nitrogens is 1. The maximum Gasteiger partial charge on any atom is 0.121 e. The van der Waals surface area contributed by atoms with Crippen molar-refractivity contribution in [1.82, 2.24) is 14.8 Å². The van der Waals surface area contributed by atoms with E-state index in [-0.39, 0.29) is 12.6 Å². The van der Waals surface area contributed by atoms with E-state index < -0.39 is 0 Å². The van der Waals surface area contributed by atoms with Gasteiger partial charge in [-0.2, -0.15) is 0 Å². The number of fused-ring (bicyclic) bond motifs is 1. The number of benzene rings is 1. The lowest BCUT2D eigenvalue weighted by Crippen LogP contribution is -2.52. The van der Waals surface area contributed by atoms with Crippen molar-refractivity contribution < 1.29 is 9.84 Å². The molecule has 0 saturated carbocycles. The number of rotatable bonds is 5. The summed E-state index contributed by atoms with van der Waals surface area (Å²) in [6.07, 6.45) is 0. The Bertz CT molecular complexity index is 913. The smallest absolute Gasteiger partial charge is 0.121 e. The van der Waals surface area contributed by atoms with Crippen molar-refractivity contribution in [2.24, 2.45) is 0 Å². The van der Waals surface area contributed by atoms with Gasteiger partial charge in [0.15, 0.2) is 0 Å². The molecule has 142 valence electrons. The van der Waals surface area contributed by atoms with Gasteiger partial charge in [0, 0.05) is 43.7 Å². The van der Waals surface area contributed by atoms with Gasteiger partial charge in [-0.15, -0.1) is 11.3 Å². The van der Waals surface area contributed by atoms with Crippen molar-refractivity contribution in [2.45, 2.75) is 12.6 Å². The van der Waals surface area contributed by atoms with Gasteiger partial charge in [0.2, 0.25) is 0 Å². The van der Waals surface area contributed by atoms with Crippen LogP contribution in [0, 0.1) is 0 Å². The van der Waals surface area contributed by atoms with Gasteiger partial charge in [-0.1, -0.05) is 6.07 Å². The molecule has 3 heterocycles. The van der Waals surface area contributed by atoms with Gasteiger partial charge < -0.3 is 9.84 Å². The second-order valence-electron chi connectivity index (χ2n) is 7.08. The minimum atomic E-state index is 0.195. The highest BCUT2D eigenvalue weighted by Gasteiger charge is 2.24. The summed E-state index contributed by atoms with van der Waals surface area (Å²) >= 11 is 1.72. The van der Waals surface area contributed by atoms with Crippen molar-refractivity contribution in [2.75, 3.05) is 40.4 Å². The molecule has 6 heteroatoms. The maximum absolute atomic E-state index is 9.65. The van der Waals surface area contributed by atoms with E-state index in [1.807, 2.05) is 12.1 Å². The summed E-state index contributed by atoms with van der Waals surface area (Å²) in [5.74, 6) is 0.824. The molecule has 1 aromatic carbocycles. The summed E-state index contributed by atoms with van der Waals surface area (Å²) < 4.78 is 5.36. The minimum absolute atomic E-state index is 0.195. The molecule has 2 aromatic heterocycles. The fraction of sp³-hybridized carbons (Fsp3) is 0.381. The highest BCUT2D eigenvalue weighted by atomic mass is 32.1. The van der Waals surface area contributed by atoms with Crippen LogP contribution in [0.5, 0.6) is 5.75 Å². The molecule has 3 aromatic rings. The first-order valence-electron chi connectivity index (χ1n) is 9.23. The SMILES string of the molecule is COc1ccc2cc(CN3CCN(C)C(CO)C3)c(-c3cccs3)nc2c1. The summed E-state index contributed by atoms with van der Waals surface area (Å²) in [5.41, 5.74) is 3.23. The van der Waals surface area contributed by atoms with E-state index in [0.717, 1.165) is 48.5 Å². The molecule has 0 spiro atoms. The number of aliphatic hydroxyl groups excluding tert-OH is 1. The highest BCUT2D eigenvalue weighted by Crippen LogP contribution is 2.31. The molecule has 1 N–H and O–H groups in total. The van der Waals surface area contributed by atoms with Gasteiger partial charge in [-0.05, 0) is 42.3 Å². The first kappa shape index (κ1) is 18.4. The molecule has 1 atom stereocenters. The third kappa shape index (κ3) is 3.84. The van der Waals surface area contributed by atoms with Crippen LogP contribution in [0.1, 0.15) is 5.56 Å². The molecule has 5 nitrogen and oxygen atoms in total. The average Bonchev–Trinajstić information content (AvgIpc) is 3.23. The average molecular weight is 384 g/mol. The predicted molar refractivity (Wildman–Crippen MR) is 110 cm³/mol. The van der Waals surface area contributed by atoms with Crippen LogP contribution in [0.25, 0.3) is 21.5 Å². The predicted octanol–water partition coefficient (Wildman–Crippen LogP) is 3.08. The molecule has 0 aliphatic carbocycles. The Labute approximate surface area is 163 Å². The van der Waals surface area contributed by atoms with E-state index in [2.05, 4.69) is 46.5 Å². The molecular weight excluding hydrogens is 358 g/mol. The molecule has 4 rings (SSSR count). The third-order valence-corrected chi connectivity index (χ3v) is 6.20. The number of piperazine rings is 1. The van der Waals surface area contributed by atoms with Crippen LogP contribution in [0.2, 0.25) is 0 Å². The zero-order chi connectivity index (χ0) is 18.8. The number of hydrogen-bond acceptors (Lipinski definition) is 6. The molecule has 1 aliphatic heterocycles. The van der Waals surface area contributed by atoms with E-state index in [9.17, 15) is 5.11 Å². The number of aliphatic hydroxyl groups is 1. The number of thiophene rings is 1. The normalized spacial score (nSPS) is 18.9. The standard InChI is InChI=1S/C21H25N3O2S/c1-23-7-8-24(13-17(23)14-25)12-16-10-15-5-6-18(26-2)11-19(15)22-21(16)20-4-3-9-27-20/h3-6,9-11,17,25H,7-8,12-14H2,1-2H3. The Balaban J connectivity index is 1.71. The van der Waals surface area contributed by atoms with Gasteiger partial charge >= 0.3 is 0 Å². The first-order valence-corrected chi connectivity index (χ1v) is 10.1. The maximum atomic E-state index is 9.65. The second kappa shape index (κ2) is 7.94. The van der Waals surface area contributed by atoms with Crippen LogP contribution < -0.4 is 4.74 Å². The van der Waals surface area contributed by atoms with Crippen molar-refractivity contribution in [3.8, 4) is 16.3 Å². The monoisotopic (exact) mass is 383 g/mol. The summed E-state index contributed by atoms with van der Waals surface area (Å²) in [7, 11) is 3.76. The van der Waals surface area contributed by atoms with Crippen molar-refractivity contribution in [3.63, 3.8) is 0 Å². The van der Waals surface area contributed by atoms with Crippen molar-refractivity contribution in [3.05, 3.63) is 47.3 Å². The third-order valence-electron chi connectivity index (χ3n) is 5.32. The first-order chi connectivity index (χ1) is 13.2. The molecule has 1 saturated heterocycles. The molecule has 1 fully saturated rings. The zero-order valence-corrected chi connectivity index (χ0v) is 16.6. The fourth-order valence-corrected chi connectivity index (χ4v) is 4.41. The van der Waals surface area contributed by atoms with E-state index >= 15 is 0 Å². The summed E-state index contributed by atoms with van der Waals surface area (Å²) in [5, 5.41) is 12.9. The second-order valence-corrected chi connectivity index (χ2v) is 8.03. The Morgan fingerprint density at radius 1 is 1.26 bits per heavy atom. The van der Waals surface area contributed by atoms with Crippen molar-refractivity contribution in [1.29, 1.82) is 0 Å². The Morgan fingerprint density at radius 2 is 2.15 bits per heavy atom. The topological polar surface area (TPSA) is 48.8 Å². The quantitative estimate of drug-likeness (QED) is 0.734. The largest absolute Gasteiger partial charge is 0.497 e. The zero-order valence-electron chi connectivity index (χ0n) is 15.8. The number of methoxy groups -OCH3 is 1. The molecule has 0 radical (unpaired) electrons. The van der Waals surface area contributed by atoms with Crippen LogP contribution in [0.3, 0.4) is 0 Å². The Kier molecular flexibility index (Phi) is 5.41. The van der Waals surface area contributed by atoms with Gasteiger partial charge in [-0.25, -0.2) is 4.98 Å². The summed E-state index contributed by atoms with van der Waals surface area (Å²) in [4.78, 5) is 10.8. The van der Waals surface area contributed by atoms with Gasteiger partial charge in [0.05, 0.1) is 29.8 Å². The number of ether oxygens (including phenoxy) is 1. The lowest BCUT2D eigenvalue weighted by Gasteiger charge is -2.38. The molecule has 0 amide bonds. The van der Waals surface area contributed by atoms with Crippen LogP contribution in [-0.2, 0) is 6.54 Å². The van der Waals surface area contributed by atoms with Gasteiger partial charge in [-0.3, -0.25) is 9.80 Å².